The first-order chi connectivity index (χ1) is 10.2. The van der Waals surface area contributed by atoms with Crippen molar-refractivity contribution in [2.45, 2.75) is 42.5 Å². The van der Waals surface area contributed by atoms with Gasteiger partial charge in [-0.15, -0.1) is 6.58 Å². The normalized spacial score (nSPS) is 24.0. The van der Waals surface area contributed by atoms with E-state index in [1.165, 1.54) is 0 Å². The summed E-state index contributed by atoms with van der Waals surface area (Å²) in [6, 6.07) is 0. The van der Waals surface area contributed by atoms with Crippen LogP contribution in [-0.4, -0.2) is 44.5 Å². The van der Waals surface area contributed by atoms with Crippen LogP contribution in [0.2, 0.25) is 6.55 Å². The Kier molecular flexibility index (Phi) is 4.42. The van der Waals surface area contributed by atoms with Crippen molar-refractivity contribution in [3.8, 4) is 0 Å². The summed E-state index contributed by atoms with van der Waals surface area (Å²) in [6.07, 6.45) is -28.7. The van der Waals surface area contributed by atoms with E-state index in [0.29, 0.717) is 0 Å². The van der Waals surface area contributed by atoms with Gasteiger partial charge < -0.3 is 8.85 Å². The number of alkyl halides is 12. The molecule has 24 heavy (non-hydrogen) atoms. The van der Waals surface area contributed by atoms with Gasteiger partial charge in [0.05, 0.1) is 0 Å². The maximum Gasteiger partial charge on any atom is 0.429 e. The van der Waals surface area contributed by atoms with Crippen LogP contribution >= 0.6 is 0 Å². The van der Waals surface area contributed by atoms with Gasteiger partial charge in [0.2, 0.25) is 0 Å². The molecular weight excluding hydrogens is 396 g/mol. The molecule has 0 spiro atoms. The molecule has 1 saturated heterocycles. The van der Waals surface area contributed by atoms with E-state index in [-0.39, 0.29) is 12.2 Å². The van der Waals surface area contributed by atoms with Crippen molar-refractivity contribution < 1.29 is 61.5 Å². The molecule has 0 radical (unpaired) electrons. The Hall–Kier alpha value is -0.963. The zero-order chi connectivity index (χ0) is 19.6. The summed E-state index contributed by atoms with van der Waals surface area (Å²) in [7, 11) is -5.39. The van der Waals surface area contributed by atoms with Gasteiger partial charge in [-0.2, -0.15) is 52.7 Å². The van der Waals surface area contributed by atoms with E-state index in [0.717, 1.165) is 0 Å². The molecule has 2 nitrogen and oxygen atoms in total. The van der Waals surface area contributed by atoms with E-state index in [1.54, 1.807) is 0 Å². The summed E-state index contributed by atoms with van der Waals surface area (Å²) in [5.74, 6) is 0. The summed E-state index contributed by atoms with van der Waals surface area (Å²) in [4.78, 5) is 0. The van der Waals surface area contributed by atoms with Crippen molar-refractivity contribution in [1.29, 1.82) is 0 Å². The SMILES string of the molecule is C=C[Si]1(C)OC(C(F)(F)F)(C(F)(F)F)C(C(F)(F)F)(C(F)(F)F)O1. The van der Waals surface area contributed by atoms with Gasteiger partial charge in [0.1, 0.15) is 0 Å². The Morgan fingerprint density at radius 2 is 0.875 bits per heavy atom. The molecule has 0 saturated carbocycles. The van der Waals surface area contributed by atoms with Gasteiger partial charge in [0.25, 0.3) is 11.2 Å². The summed E-state index contributed by atoms with van der Waals surface area (Å²) >= 11 is 0. The number of hydrogen-bond donors (Lipinski definition) is 0. The predicted molar refractivity (Wildman–Crippen MR) is 53.7 cm³/mol. The van der Waals surface area contributed by atoms with E-state index in [1.807, 2.05) is 0 Å². The quantitative estimate of drug-likeness (QED) is 0.473. The molecule has 0 N–H and O–H groups in total. The van der Waals surface area contributed by atoms with E-state index in [9.17, 15) is 52.7 Å². The zero-order valence-corrected chi connectivity index (χ0v) is 12.1. The van der Waals surface area contributed by atoms with Crippen LogP contribution in [0.3, 0.4) is 0 Å². The molecule has 0 aromatic carbocycles. The number of hydrogen-bond acceptors (Lipinski definition) is 2. The lowest BCUT2D eigenvalue weighted by Gasteiger charge is -2.45. The van der Waals surface area contributed by atoms with Crippen LogP contribution in [0.15, 0.2) is 12.3 Å². The molecule has 0 bridgehead atoms. The van der Waals surface area contributed by atoms with Crippen molar-refractivity contribution >= 4 is 8.56 Å². The van der Waals surface area contributed by atoms with Crippen LogP contribution in [0, 0.1) is 0 Å². The van der Waals surface area contributed by atoms with Crippen LogP contribution in [-0.2, 0) is 8.85 Å². The summed E-state index contributed by atoms with van der Waals surface area (Å²) in [5.41, 5.74) is -13.4. The minimum absolute atomic E-state index is 0.0432. The lowest BCUT2D eigenvalue weighted by Crippen LogP contribution is -2.79. The van der Waals surface area contributed by atoms with Gasteiger partial charge in [-0.3, -0.25) is 0 Å². The van der Waals surface area contributed by atoms with Gasteiger partial charge in [-0.25, -0.2) is 0 Å². The van der Waals surface area contributed by atoms with E-state index < -0.39 is 44.5 Å². The molecule has 142 valence electrons. The first-order valence-corrected chi connectivity index (χ1v) is 7.93. The maximum atomic E-state index is 13.0. The molecule has 0 unspecified atom stereocenters. The highest BCUT2D eigenvalue weighted by Gasteiger charge is 2.99. The lowest BCUT2D eigenvalue weighted by molar-refractivity contribution is -0.464. The predicted octanol–water partition coefficient (Wildman–Crippen LogP) is 4.56. The zero-order valence-electron chi connectivity index (χ0n) is 11.1. The van der Waals surface area contributed by atoms with Crippen LogP contribution in [0.1, 0.15) is 0 Å². The monoisotopic (exact) mass is 402 g/mol. The Morgan fingerprint density at radius 1 is 0.667 bits per heavy atom. The number of rotatable bonds is 1. The second-order valence-electron chi connectivity index (χ2n) is 4.78. The molecule has 0 atom stereocenters. The van der Waals surface area contributed by atoms with E-state index >= 15 is 0 Å². The first kappa shape index (κ1) is 21.1. The van der Waals surface area contributed by atoms with Gasteiger partial charge in [-0.05, 0) is 12.2 Å². The van der Waals surface area contributed by atoms with Gasteiger partial charge in [-0.1, -0.05) is 0 Å². The van der Waals surface area contributed by atoms with Crippen molar-refractivity contribution in [1.82, 2.24) is 0 Å². The highest BCUT2D eigenvalue weighted by atomic mass is 28.4. The fraction of sp³-hybridized carbons (Fsp3) is 0.778. The largest absolute Gasteiger partial charge is 0.429 e. The van der Waals surface area contributed by atoms with Crippen LogP contribution in [0.5, 0.6) is 0 Å². The molecule has 0 amide bonds. The lowest BCUT2D eigenvalue weighted by atomic mass is 9.79. The summed E-state index contributed by atoms with van der Waals surface area (Å²) in [6.45, 7) is 2.76. The van der Waals surface area contributed by atoms with Crippen molar-refractivity contribution in [2.75, 3.05) is 0 Å². The Balaban J connectivity index is 4.10. The third-order valence-electron chi connectivity index (χ3n) is 3.17. The smallest absolute Gasteiger partial charge is 0.366 e. The van der Waals surface area contributed by atoms with Crippen LogP contribution in [0.25, 0.3) is 0 Å². The number of halogens is 12. The highest BCUT2D eigenvalue weighted by Crippen LogP contribution is 2.67. The fourth-order valence-corrected chi connectivity index (χ4v) is 4.38. The standard InChI is InChI=1S/C9H6F12O2Si/c1-3-24(2)22-4(6(10,11)12,7(13,14)15)5(23-24,8(16,17)18)9(19,20)21/h3H,1H2,2H3. The third kappa shape index (κ3) is 2.42. The molecule has 0 aromatic heterocycles. The van der Waals surface area contributed by atoms with Gasteiger partial charge in [0, 0.05) is 0 Å². The van der Waals surface area contributed by atoms with Gasteiger partial charge >= 0.3 is 33.3 Å². The molecule has 0 aliphatic carbocycles. The topological polar surface area (TPSA) is 18.5 Å². The molecule has 1 heterocycles. The minimum Gasteiger partial charge on any atom is -0.366 e. The van der Waals surface area contributed by atoms with Gasteiger partial charge in [0.15, 0.2) is 0 Å². The first-order valence-electron chi connectivity index (χ1n) is 5.53. The Morgan fingerprint density at radius 3 is 1.00 bits per heavy atom. The molecular formula is C9H6F12O2Si. The Bertz CT molecular complexity index is 445. The van der Waals surface area contributed by atoms with E-state index in [4.69, 9.17) is 0 Å². The average molecular weight is 402 g/mol. The van der Waals surface area contributed by atoms with Crippen molar-refractivity contribution in [3.05, 3.63) is 12.3 Å². The maximum absolute atomic E-state index is 13.0. The molecule has 1 fully saturated rings. The Labute approximate surface area is 126 Å². The van der Waals surface area contributed by atoms with Crippen molar-refractivity contribution in [3.63, 3.8) is 0 Å². The minimum atomic E-state index is -7.16. The average Bonchev–Trinajstić information content (AvgIpc) is 2.60. The molecule has 15 heteroatoms. The van der Waals surface area contributed by atoms with Crippen molar-refractivity contribution in [2.24, 2.45) is 0 Å². The second-order valence-corrected chi connectivity index (χ2v) is 7.63. The molecule has 1 rings (SSSR count). The third-order valence-corrected chi connectivity index (χ3v) is 5.34. The highest BCUT2D eigenvalue weighted by molar-refractivity contribution is 6.72. The fourth-order valence-electron chi connectivity index (χ4n) is 2.21. The molecule has 1 aliphatic rings. The van der Waals surface area contributed by atoms with E-state index in [2.05, 4.69) is 15.4 Å². The molecule has 1 aliphatic heterocycles. The summed E-state index contributed by atoms with van der Waals surface area (Å²) < 4.78 is 163. The van der Waals surface area contributed by atoms with Crippen LogP contribution in [0.4, 0.5) is 52.7 Å². The summed E-state index contributed by atoms with van der Waals surface area (Å²) in [5, 5.41) is 0. The van der Waals surface area contributed by atoms with Crippen LogP contribution < -0.4 is 0 Å². The second kappa shape index (κ2) is 5.03. The molecule has 0 aromatic rings.